The first kappa shape index (κ1) is 12.8. The Morgan fingerprint density at radius 3 is 1.73 bits per heavy atom. The number of hydrogen-bond acceptors (Lipinski definition) is 1. The van der Waals surface area contributed by atoms with Crippen molar-refractivity contribution in [1.29, 1.82) is 0 Å². The van der Waals surface area contributed by atoms with Gasteiger partial charge in [-0.3, -0.25) is 0 Å². The summed E-state index contributed by atoms with van der Waals surface area (Å²) in [5.41, 5.74) is 2.18. The zero-order valence-corrected chi connectivity index (χ0v) is 7.72. The Hall–Kier alpha value is -0.820. The SMILES string of the molecule is C=CC(=C)C.CC(C)=CCO. The Morgan fingerprint density at radius 2 is 1.73 bits per heavy atom. The highest BCUT2D eigenvalue weighted by Gasteiger charge is 1.68. The van der Waals surface area contributed by atoms with E-state index in [1.165, 1.54) is 0 Å². The Bertz CT molecular complexity index is 139. The molecule has 0 aromatic carbocycles. The lowest BCUT2D eigenvalue weighted by molar-refractivity contribution is 0.342. The molecular formula is C10H18O. The minimum absolute atomic E-state index is 0.169. The standard InChI is InChI=1S/C5H10O.C5H8/c1-5(2)3-4-6;1-4-5(2)3/h3,6H,4H2,1-2H3;4H,1-2H2,3H3. The van der Waals surface area contributed by atoms with E-state index in [1.807, 2.05) is 20.8 Å². The van der Waals surface area contributed by atoms with Gasteiger partial charge in [-0.15, -0.1) is 0 Å². The van der Waals surface area contributed by atoms with Crippen LogP contribution in [0.1, 0.15) is 20.8 Å². The summed E-state index contributed by atoms with van der Waals surface area (Å²) in [4.78, 5) is 0. The van der Waals surface area contributed by atoms with E-state index in [-0.39, 0.29) is 6.61 Å². The molecule has 0 atom stereocenters. The third kappa shape index (κ3) is 27.1. The molecule has 0 heterocycles. The molecule has 0 amide bonds. The van der Waals surface area contributed by atoms with Crippen LogP contribution in [0.3, 0.4) is 0 Å². The molecule has 1 heteroatoms. The molecule has 0 bridgehead atoms. The second-order valence-electron chi connectivity index (χ2n) is 2.51. The minimum atomic E-state index is 0.169. The number of aliphatic hydroxyl groups is 1. The highest BCUT2D eigenvalue weighted by Crippen LogP contribution is 1.83. The molecule has 1 nitrogen and oxygen atoms in total. The molecule has 0 aliphatic carbocycles. The van der Waals surface area contributed by atoms with Crippen molar-refractivity contribution in [3.05, 3.63) is 36.5 Å². The summed E-state index contributed by atoms with van der Waals surface area (Å²) < 4.78 is 0. The van der Waals surface area contributed by atoms with Gasteiger partial charge in [-0.25, -0.2) is 0 Å². The van der Waals surface area contributed by atoms with Crippen molar-refractivity contribution in [1.82, 2.24) is 0 Å². The molecule has 0 saturated carbocycles. The summed E-state index contributed by atoms with van der Waals surface area (Å²) in [7, 11) is 0. The predicted molar refractivity (Wildman–Crippen MR) is 51.5 cm³/mol. The number of allylic oxidation sites excluding steroid dienone is 3. The normalized spacial score (nSPS) is 7.27. The summed E-state index contributed by atoms with van der Waals surface area (Å²) in [5.74, 6) is 0. The van der Waals surface area contributed by atoms with E-state index in [9.17, 15) is 0 Å². The summed E-state index contributed by atoms with van der Waals surface area (Å²) >= 11 is 0. The first-order valence-corrected chi connectivity index (χ1v) is 3.56. The van der Waals surface area contributed by atoms with Crippen molar-refractivity contribution in [3.63, 3.8) is 0 Å². The fraction of sp³-hybridized carbons (Fsp3) is 0.400. The van der Waals surface area contributed by atoms with Gasteiger partial charge in [0, 0.05) is 0 Å². The van der Waals surface area contributed by atoms with Gasteiger partial charge in [0.05, 0.1) is 6.61 Å². The summed E-state index contributed by atoms with van der Waals surface area (Å²) in [5, 5.41) is 8.16. The minimum Gasteiger partial charge on any atom is -0.392 e. The number of rotatable bonds is 2. The van der Waals surface area contributed by atoms with Gasteiger partial charge in [-0.1, -0.05) is 36.5 Å². The van der Waals surface area contributed by atoms with Crippen molar-refractivity contribution in [2.45, 2.75) is 20.8 Å². The van der Waals surface area contributed by atoms with Gasteiger partial charge in [0.15, 0.2) is 0 Å². The maximum atomic E-state index is 8.16. The predicted octanol–water partition coefficient (Wildman–Crippen LogP) is 2.69. The monoisotopic (exact) mass is 154 g/mol. The van der Waals surface area contributed by atoms with Crippen molar-refractivity contribution < 1.29 is 5.11 Å². The largest absolute Gasteiger partial charge is 0.392 e. The van der Waals surface area contributed by atoms with Crippen LogP contribution in [0.2, 0.25) is 0 Å². The first-order chi connectivity index (χ1) is 5.04. The zero-order chi connectivity index (χ0) is 9.28. The average Bonchev–Trinajstić information content (AvgIpc) is 1.89. The van der Waals surface area contributed by atoms with Gasteiger partial charge in [0.1, 0.15) is 0 Å². The van der Waals surface area contributed by atoms with Gasteiger partial charge in [-0.2, -0.15) is 0 Å². The molecule has 0 unspecified atom stereocenters. The average molecular weight is 154 g/mol. The van der Waals surface area contributed by atoms with Crippen LogP contribution in [0.4, 0.5) is 0 Å². The topological polar surface area (TPSA) is 20.2 Å². The molecule has 0 fully saturated rings. The number of hydrogen-bond donors (Lipinski definition) is 1. The van der Waals surface area contributed by atoms with Crippen molar-refractivity contribution >= 4 is 0 Å². The molecule has 0 aromatic heterocycles. The van der Waals surface area contributed by atoms with Crippen LogP contribution >= 0.6 is 0 Å². The molecule has 64 valence electrons. The number of aliphatic hydroxyl groups excluding tert-OH is 1. The molecule has 0 radical (unpaired) electrons. The summed E-state index contributed by atoms with van der Waals surface area (Å²) in [6.07, 6.45) is 3.49. The van der Waals surface area contributed by atoms with Crippen LogP contribution in [0, 0.1) is 0 Å². The molecule has 1 N–H and O–H groups in total. The Balaban J connectivity index is 0. The Kier molecular flexibility index (Phi) is 10.7. The van der Waals surface area contributed by atoms with Crippen molar-refractivity contribution in [2.75, 3.05) is 6.61 Å². The smallest absolute Gasteiger partial charge is 0.0614 e. The van der Waals surface area contributed by atoms with E-state index in [0.29, 0.717) is 0 Å². The molecule has 0 saturated heterocycles. The van der Waals surface area contributed by atoms with Crippen LogP contribution in [-0.2, 0) is 0 Å². The molecule has 0 spiro atoms. The molecule has 0 aliphatic heterocycles. The molecule has 0 aromatic rings. The van der Waals surface area contributed by atoms with Gasteiger partial charge >= 0.3 is 0 Å². The lowest BCUT2D eigenvalue weighted by Gasteiger charge is -1.80. The van der Waals surface area contributed by atoms with E-state index in [2.05, 4.69) is 13.2 Å². The lowest BCUT2D eigenvalue weighted by atomic mass is 10.3. The van der Waals surface area contributed by atoms with Crippen molar-refractivity contribution in [2.24, 2.45) is 0 Å². The first-order valence-electron chi connectivity index (χ1n) is 3.56. The molecule has 0 rings (SSSR count). The van der Waals surface area contributed by atoms with E-state index < -0.39 is 0 Å². The van der Waals surface area contributed by atoms with Crippen LogP contribution < -0.4 is 0 Å². The third-order valence-electron chi connectivity index (χ3n) is 0.848. The zero-order valence-electron chi connectivity index (χ0n) is 7.72. The van der Waals surface area contributed by atoms with E-state index in [4.69, 9.17) is 5.11 Å². The summed E-state index contributed by atoms with van der Waals surface area (Å²) in [6.45, 7) is 13.0. The van der Waals surface area contributed by atoms with Gasteiger partial charge < -0.3 is 5.11 Å². The van der Waals surface area contributed by atoms with E-state index in [1.54, 1.807) is 12.2 Å². The van der Waals surface area contributed by atoms with E-state index >= 15 is 0 Å². The van der Waals surface area contributed by atoms with Gasteiger partial charge in [-0.05, 0) is 20.8 Å². The van der Waals surface area contributed by atoms with Crippen LogP contribution in [0.5, 0.6) is 0 Å². The van der Waals surface area contributed by atoms with Crippen molar-refractivity contribution in [3.8, 4) is 0 Å². The molecule has 0 aliphatic rings. The quantitative estimate of drug-likeness (QED) is 0.479. The van der Waals surface area contributed by atoms with Gasteiger partial charge in [0.25, 0.3) is 0 Å². The second kappa shape index (κ2) is 9.18. The Labute approximate surface area is 69.8 Å². The molecular weight excluding hydrogens is 136 g/mol. The maximum Gasteiger partial charge on any atom is 0.0614 e. The third-order valence-corrected chi connectivity index (χ3v) is 0.848. The molecule has 11 heavy (non-hydrogen) atoms. The van der Waals surface area contributed by atoms with Crippen LogP contribution in [0.25, 0.3) is 0 Å². The summed E-state index contributed by atoms with van der Waals surface area (Å²) in [6, 6.07) is 0. The van der Waals surface area contributed by atoms with E-state index in [0.717, 1.165) is 11.1 Å². The fourth-order valence-electron chi connectivity index (χ4n) is 0.183. The maximum absolute atomic E-state index is 8.16. The second-order valence-corrected chi connectivity index (χ2v) is 2.51. The highest BCUT2D eigenvalue weighted by molar-refractivity contribution is 5.05. The fourth-order valence-corrected chi connectivity index (χ4v) is 0.183. The van der Waals surface area contributed by atoms with Gasteiger partial charge in [0.2, 0.25) is 0 Å². The lowest BCUT2D eigenvalue weighted by Crippen LogP contribution is -1.71. The van der Waals surface area contributed by atoms with Crippen LogP contribution in [0.15, 0.2) is 36.5 Å². The van der Waals surface area contributed by atoms with Crippen LogP contribution in [-0.4, -0.2) is 11.7 Å². The highest BCUT2D eigenvalue weighted by atomic mass is 16.2. The Morgan fingerprint density at radius 1 is 1.36 bits per heavy atom.